The largest absolute Gasteiger partial charge is 0.381 e. The molecule has 0 bridgehead atoms. The molecule has 1 fully saturated rings. The molecule has 0 N–H and O–H groups in total. The molecule has 152 valence electrons. The van der Waals surface area contributed by atoms with Gasteiger partial charge in [-0.3, -0.25) is 0 Å². The van der Waals surface area contributed by atoms with E-state index < -0.39 is 0 Å². The summed E-state index contributed by atoms with van der Waals surface area (Å²) in [7, 11) is 0. The fourth-order valence-electron chi connectivity index (χ4n) is 4.20. The third-order valence-electron chi connectivity index (χ3n) is 5.85. The van der Waals surface area contributed by atoms with Gasteiger partial charge >= 0.3 is 0 Å². The summed E-state index contributed by atoms with van der Waals surface area (Å²) >= 11 is 0. The number of halogens is 1. The summed E-state index contributed by atoms with van der Waals surface area (Å²) in [6.45, 7) is 2.66. The lowest BCUT2D eigenvalue weighted by Gasteiger charge is -2.24. The number of aryl methyl sites for hydroxylation is 3. The monoisotopic (exact) mass is 392 g/mol. The molecule has 1 saturated heterocycles. The highest BCUT2D eigenvalue weighted by molar-refractivity contribution is 5.19. The molecule has 1 aromatic heterocycles. The summed E-state index contributed by atoms with van der Waals surface area (Å²) < 4.78 is 21.2. The molecular weight excluding hydrogens is 363 g/mol. The maximum Gasteiger partial charge on any atom is 0.123 e. The van der Waals surface area contributed by atoms with Crippen LogP contribution in [0, 0.1) is 5.82 Å². The summed E-state index contributed by atoms with van der Waals surface area (Å²) in [6.07, 6.45) is 8.15. The molecule has 0 unspecified atom stereocenters. The number of nitrogens with zero attached hydrogens (tertiary/aromatic N) is 2. The van der Waals surface area contributed by atoms with Gasteiger partial charge in [0.1, 0.15) is 11.6 Å². The van der Waals surface area contributed by atoms with Gasteiger partial charge < -0.3 is 9.30 Å². The summed E-state index contributed by atoms with van der Waals surface area (Å²) in [6, 6.07) is 17.5. The summed E-state index contributed by atoms with van der Waals surface area (Å²) in [5, 5.41) is 0. The molecule has 3 aromatic rings. The molecule has 2 aromatic carbocycles. The lowest BCUT2D eigenvalue weighted by Crippen LogP contribution is -2.18. The van der Waals surface area contributed by atoms with Crippen LogP contribution < -0.4 is 0 Å². The van der Waals surface area contributed by atoms with E-state index >= 15 is 0 Å². The first-order chi connectivity index (χ1) is 14.3. The minimum Gasteiger partial charge on any atom is -0.381 e. The van der Waals surface area contributed by atoms with Crippen LogP contribution in [0.3, 0.4) is 0 Å². The van der Waals surface area contributed by atoms with Gasteiger partial charge in [0.2, 0.25) is 0 Å². The fourth-order valence-corrected chi connectivity index (χ4v) is 4.20. The molecule has 1 aliphatic heterocycles. The fraction of sp³-hybridized carbons (Fsp3) is 0.400. The van der Waals surface area contributed by atoms with E-state index in [9.17, 15) is 4.39 Å². The Morgan fingerprint density at radius 1 is 0.897 bits per heavy atom. The molecule has 1 aliphatic rings. The number of imidazole rings is 1. The number of hydrogen-bond donors (Lipinski definition) is 0. The van der Waals surface area contributed by atoms with Crippen molar-refractivity contribution in [2.24, 2.45) is 0 Å². The molecule has 0 atom stereocenters. The second-order valence-corrected chi connectivity index (χ2v) is 7.85. The molecule has 3 nitrogen and oxygen atoms in total. The number of benzene rings is 2. The van der Waals surface area contributed by atoms with Gasteiger partial charge in [0.15, 0.2) is 0 Å². The third kappa shape index (κ3) is 5.33. The van der Waals surface area contributed by atoms with Crippen molar-refractivity contribution in [1.82, 2.24) is 9.55 Å². The Kier molecular flexibility index (Phi) is 6.73. The second-order valence-electron chi connectivity index (χ2n) is 7.85. The Labute approximate surface area is 172 Å². The standard InChI is InChI=1S/C25H29FN2O/c26-23-11-8-21(9-12-23)10-13-25-27-19-24(22-14-17-29-18-15-22)28(25)16-4-7-20-5-2-1-3-6-20/h1-3,5-6,8-9,11-12,19,22H,4,7,10,13-18H2. The van der Waals surface area contributed by atoms with E-state index in [0.29, 0.717) is 5.92 Å². The molecule has 0 spiro atoms. The van der Waals surface area contributed by atoms with Crippen molar-refractivity contribution in [3.63, 3.8) is 0 Å². The topological polar surface area (TPSA) is 27.1 Å². The van der Waals surface area contributed by atoms with Gasteiger partial charge in [-0.05, 0) is 55.4 Å². The van der Waals surface area contributed by atoms with E-state index in [4.69, 9.17) is 9.72 Å². The average molecular weight is 393 g/mol. The first-order valence-corrected chi connectivity index (χ1v) is 10.7. The number of aromatic nitrogens is 2. The zero-order chi connectivity index (χ0) is 19.9. The summed E-state index contributed by atoms with van der Waals surface area (Å²) in [5.74, 6) is 1.49. The maximum atomic E-state index is 13.2. The van der Waals surface area contributed by atoms with Crippen LogP contribution in [0.4, 0.5) is 4.39 Å². The minimum atomic E-state index is -0.182. The Morgan fingerprint density at radius 2 is 1.62 bits per heavy atom. The van der Waals surface area contributed by atoms with Crippen LogP contribution in [0.1, 0.15) is 47.8 Å². The quantitative estimate of drug-likeness (QED) is 0.518. The lowest BCUT2D eigenvalue weighted by atomic mass is 9.96. The van der Waals surface area contributed by atoms with Gasteiger partial charge in [0, 0.05) is 44.0 Å². The Hall–Kier alpha value is -2.46. The van der Waals surface area contributed by atoms with Crippen molar-refractivity contribution < 1.29 is 9.13 Å². The van der Waals surface area contributed by atoms with Crippen LogP contribution in [-0.4, -0.2) is 22.8 Å². The van der Waals surface area contributed by atoms with Gasteiger partial charge in [-0.1, -0.05) is 42.5 Å². The zero-order valence-electron chi connectivity index (χ0n) is 16.9. The van der Waals surface area contributed by atoms with Crippen molar-refractivity contribution in [3.8, 4) is 0 Å². The second kappa shape index (κ2) is 9.84. The lowest BCUT2D eigenvalue weighted by molar-refractivity contribution is 0.0836. The van der Waals surface area contributed by atoms with E-state index in [-0.39, 0.29) is 5.82 Å². The van der Waals surface area contributed by atoms with Gasteiger partial charge in [0.25, 0.3) is 0 Å². The molecule has 4 heteroatoms. The van der Waals surface area contributed by atoms with Crippen molar-refractivity contribution in [3.05, 3.63) is 89.3 Å². The molecule has 2 heterocycles. The number of hydrogen-bond acceptors (Lipinski definition) is 2. The SMILES string of the molecule is Fc1ccc(CCc2ncc(C3CCOCC3)n2CCCc2ccccc2)cc1. The van der Waals surface area contributed by atoms with Crippen molar-refractivity contribution in [2.45, 2.75) is 51.0 Å². The Morgan fingerprint density at radius 3 is 2.38 bits per heavy atom. The normalized spacial score (nSPS) is 14.9. The average Bonchev–Trinajstić information content (AvgIpc) is 3.17. The number of rotatable bonds is 8. The van der Waals surface area contributed by atoms with Crippen LogP contribution in [-0.2, 0) is 30.5 Å². The molecule has 0 amide bonds. The van der Waals surface area contributed by atoms with Crippen molar-refractivity contribution in [2.75, 3.05) is 13.2 Å². The van der Waals surface area contributed by atoms with Crippen molar-refractivity contribution in [1.29, 1.82) is 0 Å². The van der Waals surface area contributed by atoms with E-state index in [1.54, 1.807) is 0 Å². The Bertz CT molecular complexity index is 883. The molecule has 29 heavy (non-hydrogen) atoms. The van der Waals surface area contributed by atoms with Gasteiger partial charge in [0.05, 0.1) is 0 Å². The molecular formula is C25H29FN2O. The zero-order valence-corrected chi connectivity index (χ0v) is 16.9. The summed E-state index contributed by atoms with van der Waals surface area (Å²) in [4.78, 5) is 4.80. The first kappa shape index (κ1) is 19.8. The summed E-state index contributed by atoms with van der Waals surface area (Å²) in [5.41, 5.74) is 3.89. The van der Waals surface area contributed by atoms with Crippen LogP contribution in [0.5, 0.6) is 0 Å². The molecule has 0 saturated carbocycles. The van der Waals surface area contributed by atoms with Crippen molar-refractivity contribution >= 4 is 0 Å². The highest BCUT2D eigenvalue weighted by Crippen LogP contribution is 2.28. The van der Waals surface area contributed by atoms with E-state index in [1.807, 2.05) is 12.1 Å². The molecule has 0 radical (unpaired) electrons. The predicted octanol–water partition coefficient (Wildman–Crippen LogP) is 5.33. The smallest absolute Gasteiger partial charge is 0.123 e. The molecule has 0 aliphatic carbocycles. The van der Waals surface area contributed by atoms with E-state index in [2.05, 4.69) is 41.1 Å². The van der Waals surface area contributed by atoms with Crippen LogP contribution in [0.2, 0.25) is 0 Å². The minimum absolute atomic E-state index is 0.182. The Balaban J connectivity index is 1.47. The molecule has 4 rings (SSSR count). The first-order valence-electron chi connectivity index (χ1n) is 10.7. The predicted molar refractivity (Wildman–Crippen MR) is 114 cm³/mol. The number of ether oxygens (including phenoxy) is 1. The highest BCUT2D eigenvalue weighted by Gasteiger charge is 2.21. The van der Waals surface area contributed by atoms with Gasteiger partial charge in [-0.2, -0.15) is 0 Å². The third-order valence-corrected chi connectivity index (χ3v) is 5.85. The van der Waals surface area contributed by atoms with Gasteiger partial charge in [-0.25, -0.2) is 9.37 Å². The highest BCUT2D eigenvalue weighted by atomic mass is 19.1. The maximum absolute atomic E-state index is 13.2. The van der Waals surface area contributed by atoms with E-state index in [1.165, 1.54) is 23.4 Å². The van der Waals surface area contributed by atoms with Gasteiger partial charge in [-0.15, -0.1) is 0 Å². The van der Waals surface area contributed by atoms with Crippen LogP contribution >= 0.6 is 0 Å². The van der Waals surface area contributed by atoms with E-state index in [0.717, 1.165) is 69.7 Å². The van der Waals surface area contributed by atoms with Crippen LogP contribution in [0.25, 0.3) is 0 Å². The van der Waals surface area contributed by atoms with Crippen LogP contribution in [0.15, 0.2) is 60.8 Å².